The van der Waals surface area contributed by atoms with Crippen LogP contribution in [0.4, 0.5) is 0 Å². The number of esters is 1. The summed E-state index contributed by atoms with van der Waals surface area (Å²) in [6.07, 6.45) is 2.70. The van der Waals surface area contributed by atoms with Gasteiger partial charge in [0.2, 0.25) is 0 Å². The van der Waals surface area contributed by atoms with Gasteiger partial charge in [-0.1, -0.05) is 43.3 Å². The third-order valence-corrected chi connectivity index (χ3v) is 5.10. The first-order chi connectivity index (χ1) is 14.0. The molecule has 1 heterocycles. The lowest BCUT2D eigenvalue weighted by molar-refractivity contribution is -0.136. The lowest BCUT2D eigenvalue weighted by Crippen LogP contribution is -2.24. The van der Waals surface area contributed by atoms with E-state index in [1.807, 2.05) is 48.5 Å². The predicted molar refractivity (Wildman–Crippen MR) is 112 cm³/mol. The van der Waals surface area contributed by atoms with Gasteiger partial charge in [0.15, 0.2) is 0 Å². The van der Waals surface area contributed by atoms with Crippen molar-refractivity contribution in [2.45, 2.75) is 26.8 Å². The number of carbonyl (C=O) groups is 2. The molecule has 29 heavy (non-hydrogen) atoms. The van der Waals surface area contributed by atoms with Crippen molar-refractivity contribution < 1.29 is 19.1 Å². The molecule has 5 heteroatoms. The summed E-state index contributed by atoms with van der Waals surface area (Å²) in [6, 6.07) is 15.5. The fourth-order valence-corrected chi connectivity index (χ4v) is 3.35. The monoisotopic (exact) mass is 391 g/mol. The third-order valence-electron chi connectivity index (χ3n) is 5.10. The van der Waals surface area contributed by atoms with Crippen LogP contribution in [0.25, 0.3) is 6.08 Å². The Morgan fingerprint density at radius 3 is 2.17 bits per heavy atom. The largest absolute Gasteiger partial charge is 0.497 e. The molecular formula is C24H25NO4. The van der Waals surface area contributed by atoms with Gasteiger partial charge in [-0.3, -0.25) is 4.79 Å². The zero-order valence-corrected chi connectivity index (χ0v) is 17.2. The van der Waals surface area contributed by atoms with Gasteiger partial charge in [-0.2, -0.15) is 0 Å². The Balaban J connectivity index is 1.96. The zero-order valence-electron chi connectivity index (χ0n) is 17.2. The van der Waals surface area contributed by atoms with Crippen LogP contribution in [0.15, 0.2) is 65.4 Å². The molecule has 0 fully saturated rings. The Morgan fingerprint density at radius 1 is 1.00 bits per heavy atom. The molecule has 150 valence electrons. The van der Waals surface area contributed by atoms with E-state index in [4.69, 9.17) is 9.47 Å². The maximum Gasteiger partial charge on any atom is 0.340 e. The Bertz CT molecular complexity index is 969. The van der Waals surface area contributed by atoms with Crippen molar-refractivity contribution in [2.24, 2.45) is 0 Å². The molecular weight excluding hydrogens is 366 g/mol. The smallest absolute Gasteiger partial charge is 0.340 e. The van der Waals surface area contributed by atoms with Crippen molar-refractivity contribution in [1.82, 2.24) is 4.90 Å². The number of rotatable bonds is 6. The van der Waals surface area contributed by atoms with Crippen LogP contribution in [0.3, 0.4) is 0 Å². The van der Waals surface area contributed by atoms with Crippen LogP contribution in [0.5, 0.6) is 5.75 Å². The lowest BCUT2D eigenvalue weighted by Gasteiger charge is -2.18. The highest BCUT2D eigenvalue weighted by atomic mass is 16.5. The van der Waals surface area contributed by atoms with Crippen molar-refractivity contribution in [3.63, 3.8) is 0 Å². The van der Waals surface area contributed by atoms with E-state index < -0.39 is 5.97 Å². The summed E-state index contributed by atoms with van der Waals surface area (Å²) in [5.74, 6) is 0.0305. The number of benzene rings is 2. The summed E-state index contributed by atoms with van der Waals surface area (Å²) in [6.45, 7) is 4.22. The summed E-state index contributed by atoms with van der Waals surface area (Å²) in [5, 5.41) is 0. The topological polar surface area (TPSA) is 55.8 Å². The zero-order chi connectivity index (χ0) is 21.0. The number of aryl methyl sites for hydroxylation is 1. The Kier molecular flexibility index (Phi) is 6.17. The summed E-state index contributed by atoms with van der Waals surface area (Å²) in [4.78, 5) is 27.2. The van der Waals surface area contributed by atoms with E-state index in [0.717, 1.165) is 23.3 Å². The number of allylic oxidation sites excluding steroid dienone is 1. The highest BCUT2D eigenvalue weighted by Gasteiger charge is 2.36. The second-order valence-corrected chi connectivity index (χ2v) is 6.84. The summed E-state index contributed by atoms with van der Waals surface area (Å²) in [7, 11) is 2.94. The minimum absolute atomic E-state index is 0.210. The van der Waals surface area contributed by atoms with Gasteiger partial charge in [-0.15, -0.1) is 0 Å². The number of carbonyl (C=O) groups excluding carboxylic acids is 2. The normalized spacial score (nSPS) is 15.2. The molecule has 0 aromatic heterocycles. The minimum Gasteiger partial charge on any atom is -0.497 e. The molecule has 1 aliphatic rings. The fourth-order valence-electron chi connectivity index (χ4n) is 3.35. The average molecular weight is 391 g/mol. The molecule has 0 aliphatic carbocycles. The molecule has 2 aromatic carbocycles. The van der Waals surface area contributed by atoms with Crippen LogP contribution in [0.2, 0.25) is 0 Å². The Morgan fingerprint density at radius 2 is 1.62 bits per heavy atom. The molecule has 0 spiro atoms. The first-order valence-corrected chi connectivity index (χ1v) is 9.53. The van der Waals surface area contributed by atoms with Gasteiger partial charge in [0.25, 0.3) is 5.91 Å². The van der Waals surface area contributed by atoms with Crippen LogP contribution in [0, 0.1) is 0 Å². The molecule has 0 atom stereocenters. The number of methoxy groups -OCH3 is 2. The highest BCUT2D eigenvalue weighted by molar-refractivity contribution is 6.16. The van der Waals surface area contributed by atoms with Crippen molar-refractivity contribution in [1.29, 1.82) is 0 Å². The van der Waals surface area contributed by atoms with Gasteiger partial charge in [0, 0.05) is 5.70 Å². The van der Waals surface area contributed by atoms with Crippen molar-refractivity contribution in [2.75, 3.05) is 14.2 Å². The number of ether oxygens (including phenoxy) is 2. The van der Waals surface area contributed by atoms with E-state index in [2.05, 4.69) is 6.92 Å². The van der Waals surface area contributed by atoms with Crippen molar-refractivity contribution in [3.05, 3.63) is 82.1 Å². The Hall–Kier alpha value is -3.34. The van der Waals surface area contributed by atoms with E-state index in [-0.39, 0.29) is 5.91 Å². The summed E-state index contributed by atoms with van der Waals surface area (Å²) < 4.78 is 10.1. The third kappa shape index (κ3) is 4.24. The number of hydrogen-bond acceptors (Lipinski definition) is 4. The molecule has 2 aromatic rings. The highest BCUT2D eigenvalue weighted by Crippen LogP contribution is 2.33. The molecule has 3 rings (SSSR count). The Labute approximate surface area is 171 Å². The second kappa shape index (κ2) is 8.78. The predicted octanol–water partition coefficient (Wildman–Crippen LogP) is 4.13. The van der Waals surface area contributed by atoms with Gasteiger partial charge in [0.05, 0.1) is 31.9 Å². The quantitative estimate of drug-likeness (QED) is 0.549. The average Bonchev–Trinajstić information content (AvgIpc) is 2.98. The van der Waals surface area contributed by atoms with Gasteiger partial charge in [0.1, 0.15) is 5.75 Å². The van der Waals surface area contributed by atoms with Gasteiger partial charge < -0.3 is 14.4 Å². The SMILES string of the molecule is CCc1ccc(C=C2C(=O)N(Cc3ccc(OC)cc3)C(C)=C2C(=O)OC)cc1. The number of nitrogens with zero attached hydrogens (tertiary/aromatic N) is 1. The second-order valence-electron chi connectivity index (χ2n) is 6.84. The number of hydrogen-bond donors (Lipinski definition) is 0. The minimum atomic E-state index is -0.510. The van der Waals surface area contributed by atoms with Gasteiger partial charge in [-0.25, -0.2) is 4.79 Å². The summed E-state index contributed by atoms with van der Waals surface area (Å²) >= 11 is 0. The van der Waals surface area contributed by atoms with E-state index in [1.54, 1.807) is 25.0 Å². The van der Waals surface area contributed by atoms with Crippen LogP contribution >= 0.6 is 0 Å². The number of amides is 1. The van der Waals surface area contributed by atoms with E-state index in [9.17, 15) is 9.59 Å². The molecule has 0 radical (unpaired) electrons. The summed E-state index contributed by atoms with van der Waals surface area (Å²) in [5.41, 5.74) is 4.28. The molecule has 1 aliphatic heterocycles. The fraction of sp³-hybridized carbons (Fsp3) is 0.250. The molecule has 1 amide bonds. The molecule has 0 N–H and O–H groups in total. The molecule has 5 nitrogen and oxygen atoms in total. The maximum atomic E-state index is 13.2. The van der Waals surface area contributed by atoms with Crippen molar-refractivity contribution >= 4 is 18.0 Å². The van der Waals surface area contributed by atoms with Crippen LogP contribution in [0.1, 0.15) is 30.5 Å². The van der Waals surface area contributed by atoms with Crippen LogP contribution < -0.4 is 4.74 Å². The molecule has 0 saturated carbocycles. The van der Waals surface area contributed by atoms with E-state index >= 15 is 0 Å². The first-order valence-electron chi connectivity index (χ1n) is 9.53. The molecule has 0 bridgehead atoms. The van der Waals surface area contributed by atoms with Gasteiger partial charge >= 0.3 is 5.97 Å². The van der Waals surface area contributed by atoms with Gasteiger partial charge in [-0.05, 0) is 48.2 Å². The maximum absolute atomic E-state index is 13.2. The molecule has 0 unspecified atom stereocenters. The standard InChI is InChI=1S/C24H25NO4/c1-5-17-6-8-18(9-7-17)14-21-22(24(27)29-4)16(2)25(23(21)26)15-19-10-12-20(28-3)13-11-19/h6-14H,5,15H2,1-4H3. The lowest BCUT2D eigenvalue weighted by atomic mass is 10.0. The van der Waals surface area contributed by atoms with Crippen LogP contribution in [-0.2, 0) is 27.3 Å². The first kappa shape index (κ1) is 20.4. The molecule has 0 saturated heterocycles. The van der Waals surface area contributed by atoms with Crippen molar-refractivity contribution in [3.8, 4) is 5.75 Å². The van der Waals surface area contributed by atoms with E-state index in [1.165, 1.54) is 12.7 Å². The van der Waals surface area contributed by atoms with E-state index in [0.29, 0.717) is 23.4 Å². The van der Waals surface area contributed by atoms with Crippen LogP contribution in [-0.4, -0.2) is 31.0 Å².